The molecule has 0 heterocycles. The van der Waals surface area contributed by atoms with Gasteiger partial charge in [-0.3, -0.25) is 14.9 Å². The van der Waals surface area contributed by atoms with E-state index in [9.17, 15) is 14.9 Å². The number of carbonyl (C=O) groups excluding carboxylic acids is 1. The molecule has 2 N–H and O–H groups in total. The second-order valence-corrected chi connectivity index (χ2v) is 3.97. The van der Waals surface area contributed by atoms with E-state index in [2.05, 4.69) is 17.2 Å². The molecule has 0 aromatic heterocycles. The largest absolute Gasteiger partial charge is 0.375 e. The first kappa shape index (κ1) is 14.0. The Morgan fingerprint density at radius 3 is 2.72 bits per heavy atom. The third kappa shape index (κ3) is 3.46. The molecule has 0 unspecified atom stereocenters. The summed E-state index contributed by atoms with van der Waals surface area (Å²) in [5.41, 5.74) is 0.322. The van der Waals surface area contributed by atoms with Gasteiger partial charge in [-0.25, -0.2) is 0 Å². The number of carbonyl (C=O) groups is 1. The second kappa shape index (κ2) is 6.02. The van der Waals surface area contributed by atoms with Gasteiger partial charge in [0, 0.05) is 23.7 Å². The maximum atomic E-state index is 11.4. The highest BCUT2D eigenvalue weighted by molar-refractivity contribution is 6.29. The molecule has 18 heavy (non-hydrogen) atoms. The van der Waals surface area contributed by atoms with Crippen molar-refractivity contribution in [3.63, 3.8) is 0 Å². The summed E-state index contributed by atoms with van der Waals surface area (Å²) in [4.78, 5) is 21.7. The Kier molecular flexibility index (Phi) is 4.67. The minimum absolute atomic E-state index is 0.186. The lowest BCUT2D eigenvalue weighted by Crippen LogP contribution is -2.18. The standard InChI is InChI=1S/C11H12ClN3O3/c1-7(12)6-14-9-4-3-8(11(16)13-2)5-10(9)15(17)18/h3-5,14H,1,6H2,2H3,(H,13,16). The molecular weight excluding hydrogens is 258 g/mol. The van der Waals surface area contributed by atoms with Crippen LogP contribution >= 0.6 is 11.6 Å². The minimum atomic E-state index is -0.564. The topological polar surface area (TPSA) is 84.3 Å². The van der Waals surface area contributed by atoms with Gasteiger partial charge in [0.25, 0.3) is 11.6 Å². The smallest absolute Gasteiger partial charge is 0.293 e. The van der Waals surface area contributed by atoms with E-state index in [1.54, 1.807) is 0 Å². The number of anilines is 1. The van der Waals surface area contributed by atoms with E-state index in [-0.39, 0.29) is 29.4 Å². The third-order valence-corrected chi connectivity index (χ3v) is 2.29. The van der Waals surface area contributed by atoms with Crippen molar-refractivity contribution in [1.29, 1.82) is 0 Å². The predicted octanol–water partition coefficient (Wildman–Crippen LogP) is 2.12. The van der Waals surface area contributed by atoms with Crippen LogP contribution in [0.25, 0.3) is 0 Å². The Balaban J connectivity index is 3.08. The van der Waals surface area contributed by atoms with Crippen molar-refractivity contribution in [3.8, 4) is 0 Å². The molecule has 0 bridgehead atoms. The van der Waals surface area contributed by atoms with Crippen LogP contribution in [0.2, 0.25) is 0 Å². The number of halogens is 1. The van der Waals surface area contributed by atoms with Crippen LogP contribution in [-0.4, -0.2) is 24.4 Å². The molecule has 1 aromatic carbocycles. The third-order valence-electron chi connectivity index (χ3n) is 2.15. The molecule has 0 atom stereocenters. The SMILES string of the molecule is C=C(Cl)CNc1ccc(C(=O)NC)cc1[N+](=O)[O-]. The zero-order valence-electron chi connectivity index (χ0n) is 9.70. The van der Waals surface area contributed by atoms with E-state index in [0.717, 1.165) is 0 Å². The van der Waals surface area contributed by atoms with Crippen molar-refractivity contribution in [2.24, 2.45) is 0 Å². The van der Waals surface area contributed by atoms with Gasteiger partial charge in [-0.1, -0.05) is 18.2 Å². The summed E-state index contributed by atoms with van der Waals surface area (Å²) in [5.74, 6) is -0.383. The summed E-state index contributed by atoms with van der Waals surface area (Å²) >= 11 is 5.57. The van der Waals surface area contributed by atoms with Crippen LogP contribution < -0.4 is 10.6 Å². The highest BCUT2D eigenvalue weighted by Crippen LogP contribution is 2.25. The Labute approximate surface area is 109 Å². The van der Waals surface area contributed by atoms with Gasteiger partial charge < -0.3 is 10.6 Å². The van der Waals surface area contributed by atoms with Crippen molar-refractivity contribution < 1.29 is 9.72 Å². The normalized spacial score (nSPS) is 9.67. The van der Waals surface area contributed by atoms with E-state index in [4.69, 9.17) is 11.6 Å². The van der Waals surface area contributed by atoms with Crippen LogP contribution in [0.15, 0.2) is 29.8 Å². The maximum absolute atomic E-state index is 11.4. The van der Waals surface area contributed by atoms with E-state index >= 15 is 0 Å². The van der Waals surface area contributed by atoms with Gasteiger partial charge in [0.05, 0.1) is 11.5 Å². The summed E-state index contributed by atoms with van der Waals surface area (Å²) in [5, 5.41) is 16.4. The number of hydrogen-bond acceptors (Lipinski definition) is 4. The number of hydrogen-bond donors (Lipinski definition) is 2. The van der Waals surface area contributed by atoms with Crippen LogP contribution in [0.5, 0.6) is 0 Å². The van der Waals surface area contributed by atoms with Crippen LogP contribution in [0, 0.1) is 10.1 Å². The molecule has 1 aromatic rings. The lowest BCUT2D eigenvalue weighted by molar-refractivity contribution is -0.384. The Bertz CT molecular complexity index is 502. The molecule has 96 valence electrons. The summed E-state index contributed by atoms with van der Waals surface area (Å²) in [7, 11) is 1.46. The number of amides is 1. The number of nitrogens with zero attached hydrogens (tertiary/aromatic N) is 1. The predicted molar refractivity (Wildman–Crippen MR) is 70.0 cm³/mol. The van der Waals surface area contributed by atoms with Crippen molar-refractivity contribution in [2.75, 3.05) is 18.9 Å². The summed E-state index contributed by atoms with van der Waals surface area (Å²) in [6, 6.07) is 4.16. The molecule has 0 saturated heterocycles. The van der Waals surface area contributed by atoms with Gasteiger partial charge in [0.2, 0.25) is 0 Å². The van der Waals surface area contributed by atoms with E-state index in [1.807, 2.05) is 0 Å². The first-order valence-corrected chi connectivity index (χ1v) is 5.41. The van der Waals surface area contributed by atoms with Gasteiger partial charge in [-0.15, -0.1) is 0 Å². The molecule has 1 rings (SSSR count). The van der Waals surface area contributed by atoms with Crippen molar-refractivity contribution in [2.45, 2.75) is 0 Å². The van der Waals surface area contributed by atoms with E-state index in [1.165, 1.54) is 25.2 Å². The highest BCUT2D eigenvalue weighted by Gasteiger charge is 2.16. The van der Waals surface area contributed by atoms with Crippen LogP contribution in [0.4, 0.5) is 11.4 Å². The number of nitro benzene ring substituents is 1. The van der Waals surface area contributed by atoms with Crippen LogP contribution in [0.3, 0.4) is 0 Å². The number of rotatable bonds is 5. The molecule has 0 aliphatic rings. The fourth-order valence-electron chi connectivity index (χ4n) is 1.31. The zero-order valence-corrected chi connectivity index (χ0v) is 10.5. The Morgan fingerprint density at radius 1 is 1.56 bits per heavy atom. The number of nitro groups is 1. The van der Waals surface area contributed by atoms with Gasteiger partial charge in [0.15, 0.2) is 0 Å². The molecule has 0 fully saturated rings. The maximum Gasteiger partial charge on any atom is 0.293 e. The van der Waals surface area contributed by atoms with Gasteiger partial charge in [-0.2, -0.15) is 0 Å². The summed E-state index contributed by atoms with van der Waals surface area (Å²) < 4.78 is 0. The highest BCUT2D eigenvalue weighted by atomic mass is 35.5. The lowest BCUT2D eigenvalue weighted by atomic mass is 10.1. The molecule has 0 saturated carbocycles. The van der Waals surface area contributed by atoms with E-state index in [0.29, 0.717) is 5.03 Å². The molecule has 7 heteroatoms. The molecule has 0 spiro atoms. The quantitative estimate of drug-likeness (QED) is 0.633. The average molecular weight is 270 g/mol. The lowest BCUT2D eigenvalue weighted by Gasteiger charge is -2.07. The molecular formula is C11H12ClN3O3. The molecule has 0 aliphatic carbocycles. The average Bonchev–Trinajstić information content (AvgIpc) is 2.34. The minimum Gasteiger partial charge on any atom is -0.375 e. The fraction of sp³-hybridized carbons (Fsp3) is 0.182. The van der Waals surface area contributed by atoms with Crippen molar-refractivity contribution in [1.82, 2.24) is 5.32 Å². The monoisotopic (exact) mass is 269 g/mol. The van der Waals surface area contributed by atoms with E-state index < -0.39 is 4.92 Å². The molecule has 0 radical (unpaired) electrons. The second-order valence-electron chi connectivity index (χ2n) is 3.44. The number of benzene rings is 1. The number of nitrogens with one attached hydrogen (secondary N) is 2. The van der Waals surface area contributed by atoms with Crippen molar-refractivity contribution in [3.05, 3.63) is 45.5 Å². The van der Waals surface area contributed by atoms with Crippen molar-refractivity contribution >= 4 is 28.9 Å². The van der Waals surface area contributed by atoms with Gasteiger partial charge in [0.1, 0.15) is 5.69 Å². The Hall–Kier alpha value is -2.08. The molecule has 6 nitrogen and oxygen atoms in total. The molecule has 0 aliphatic heterocycles. The van der Waals surface area contributed by atoms with Crippen LogP contribution in [0.1, 0.15) is 10.4 Å². The zero-order chi connectivity index (χ0) is 13.7. The summed E-state index contributed by atoms with van der Waals surface area (Å²) in [6.45, 7) is 3.68. The summed E-state index contributed by atoms with van der Waals surface area (Å²) in [6.07, 6.45) is 0. The van der Waals surface area contributed by atoms with Gasteiger partial charge in [-0.05, 0) is 12.1 Å². The van der Waals surface area contributed by atoms with Crippen LogP contribution in [-0.2, 0) is 0 Å². The fourth-order valence-corrected chi connectivity index (χ4v) is 1.38. The Morgan fingerprint density at radius 2 is 2.22 bits per heavy atom. The first-order chi connectivity index (χ1) is 8.45. The first-order valence-electron chi connectivity index (χ1n) is 5.03. The van der Waals surface area contributed by atoms with Gasteiger partial charge >= 0.3 is 0 Å². The molecule has 1 amide bonds.